The predicted octanol–water partition coefficient (Wildman–Crippen LogP) is 2.40. The molecule has 3 heteroatoms. The minimum atomic E-state index is 0.731. The van der Waals surface area contributed by atoms with Crippen molar-refractivity contribution in [1.82, 2.24) is 0 Å². The van der Waals surface area contributed by atoms with Crippen LogP contribution in [0, 0.1) is 10.5 Å². The van der Waals surface area contributed by atoms with E-state index in [-0.39, 0.29) is 0 Å². The average Bonchev–Trinajstić information content (AvgIpc) is 1.95. The highest BCUT2D eigenvalue weighted by atomic mass is 127. The molecule has 10 heavy (non-hydrogen) atoms. The van der Waals surface area contributed by atoms with Crippen LogP contribution in [0.5, 0.6) is 0 Å². The van der Waals surface area contributed by atoms with E-state index >= 15 is 0 Å². The largest absolute Gasteiger partial charge is 0.291 e. The average molecular weight is 249 g/mol. The number of aryl methyl sites for hydroxylation is 1. The molecule has 0 aliphatic carbocycles. The van der Waals surface area contributed by atoms with Crippen LogP contribution < -0.4 is 5.48 Å². The van der Waals surface area contributed by atoms with Crippen LogP contribution in [0.2, 0.25) is 0 Å². The summed E-state index contributed by atoms with van der Waals surface area (Å²) in [4.78, 5) is 0. The summed E-state index contributed by atoms with van der Waals surface area (Å²) in [5.41, 5.74) is 4.04. The maximum Gasteiger partial charge on any atom is 0.0612 e. The summed E-state index contributed by atoms with van der Waals surface area (Å²) in [6.07, 6.45) is 0. The predicted molar refractivity (Wildman–Crippen MR) is 49.3 cm³/mol. The van der Waals surface area contributed by atoms with Crippen LogP contribution in [0.4, 0.5) is 5.69 Å². The number of rotatable bonds is 1. The van der Waals surface area contributed by atoms with Crippen molar-refractivity contribution in [2.45, 2.75) is 6.92 Å². The summed E-state index contributed by atoms with van der Waals surface area (Å²) in [6.45, 7) is 2.03. The molecule has 2 N–H and O–H groups in total. The van der Waals surface area contributed by atoms with Crippen LogP contribution in [-0.4, -0.2) is 5.21 Å². The Morgan fingerprint density at radius 3 is 2.70 bits per heavy atom. The van der Waals surface area contributed by atoms with Crippen molar-refractivity contribution in [1.29, 1.82) is 0 Å². The van der Waals surface area contributed by atoms with Gasteiger partial charge in [-0.3, -0.25) is 10.7 Å². The molecule has 0 saturated heterocycles. The van der Waals surface area contributed by atoms with E-state index in [9.17, 15) is 0 Å². The van der Waals surface area contributed by atoms with Gasteiger partial charge in [0, 0.05) is 3.57 Å². The van der Waals surface area contributed by atoms with Crippen molar-refractivity contribution >= 4 is 28.3 Å². The summed E-state index contributed by atoms with van der Waals surface area (Å²) in [7, 11) is 0. The molecular formula is C7H8INO. The molecule has 1 aromatic rings. The van der Waals surface area contributed by atoms with Crippen molar-refractivity contribution < 1.29 is 5.21 Å². The Hall–Kier alpha value is -0.290. The summed E-state index contributed by atoms with van der Waals surface area (Å²) in [5, 5.41) is 8.50. The van der Waals surface area contributed by atoms with E-state index in [4.69, 9.17) is 5.21 Å². The second kappa shape index (κ2) is 3.21. The number of hydrogen-bond acceptors (Lipinski definition) is 2. The highest BCUT2D eigenvalue weighted by molar-refractivity contribution is 14.1. The van der Waals surface area contributed by atoms with Gasteiger partial charge in [0.2, 0.25) is 0 Å². The van der Waals surface area contributed by atoms with Crippen LogP contribution in [0.15, 0.2) is 18.2 Å². The maximum atomic E-state index is 8.50. The maximum absolute atomic E-state index is 8.50. The molecule has 0 aromatic heterocycles. The molecule has 0 atom stereocenters. The second-order valence-electron chi connectivity index (χ2n) is 2.08. The molecule has 0 unspecified atom stereocenters. The number of nitrogens with one attached hydrogen (secondary N) is 1. The van der Waals surface area contributed by atoms with Crippen molar-refractivity contribution in [3.8, 4) is 0 Å². The molecule has 0 aliphatic heterocycles. The van der Waals surface area contributed by atoms with Crippen LogP contribution in [0.3, 0.4) is 0 Å². The second-order valence-corrected chi connectivity index (χ2v) is 3.24. The summed E-state index contributed by atoms with van der Waals surface area (Å²) >= 11 is 2.22. The van der Waals surface area contributed by atoms with Gasteiger partial charge in [0.25, 0.3) is 0 Å². The number of halogens is 1. The van der Waals surface area contributed by atoms with Gasteiger partial charge in [-0.2, -0.15) is 0 Å². The third-order valence-electron chi connectivity index (χ3n) is 1.30. The zero-order chi connectivity index (χ0) is 7.56. The van der Waals surface area contributed by atoms with Gasteiger partial charge >= 0.3 is 0 Å². The van der Waals surface area contributed by atoms with Gasteiger partial charge in [0.1, 0.15) is 0 Å². The molecule has 1 rings (SSSR count). The van der Waals surface area contributed by atoms with E-state index in [2.05, 4.69) is 28.1 Å². The third kappa shape index (κ3) is 1.60. The van der Waals surface area contributed by atoms with Crippen LogP contribution >= 0.6 is 22.6 Å². The topological polar surface area (TPSA) is 32.3 Å². The zero-order valence-electron chi connectivity index (χ0n) is 5.56. The normalized spacial score (nSPS) is 9.50. The highest BCUT2D eigenvalue weighted by Gasteiger charge is 1.93. The lowest BCUT2D eigenvalue weighted by molar-refractivity contribution is 0.389. The molecule has 1 aromatic carbocycles. The minimum absolute atomic E-state index is 0.731. The molecule has 0 heterocycles. The standard InChI is InChI=1S/C7H8INO/c1-5-2-3-6(9-10)4-7(5)8/h2-4,9-10H,1H3. The number of anilines is 1. The van der Waals surface area contributed by atoms with Gasteiger partial charge in [0.15, 0.2) is 0 Å². The number of hydrogen-bond donors (Lipinski definition) is 2. The van der Waals surface area contributed by atoms with E-state index in [1.165, 1.54) is 5.56 Å². The van der Waals surface area contributed by atoms with E-state index in [1.54, 1.807) is 0 Å². The Morgan fingerprint density at radius 2 is 2.20 bits per heavy atom. The lowest BCUT2D eigenvalue weighted by Gasteiger charge is -2.00. The molecule has 0 fully saturated rings. The molecule has 0 aliphatic rings. The molecule has 54 valence electrons. The van der Waals surface area contributed by atoms with E-state index < -0.39 is 0 Å². The first-order valence-corrected chi connectivity index (χ1v) is 3.98. The first kappa shape index (κ1) is 7.81. The Balaban J connectivity index is 3.04. The number of benzene rings is 1. The molecule has 0 amide bonds. The fourth-order valence-electron chi connectivity index (χ4n) is 0.662. The van der Waals surface area contributed by atoms with Gasteiger partial charge in [-0.25, -0.2) is 0 Å². The van der Waals surface area contributed by atoms with Gasteiger partial charge in [-0.1, -0.05) is 6.07 Å². The zero-order valence-corrected chi connectivity index (χ0v) is 7.71. The van der Waals surface area contributed by atoms with E-state index in [1.807, 2.05) is 25.1 Å². The van der Waals surface area contributed by atoms with E-state index in [0.29, 0.717) is 0 Å². The first-order chi connectivity index (χ1) is 4.74. The fraction of sp³-hybridized carbons (Fsp3) is 0.143. The first-order valence-electron chi connectivity index (χ1n) is 2.90. The highest BCUT2D eigenvalue weighted by Crippen LogP contribution is 2.15. The van der Waals surface area contributed by atoms with E-state index in [0.717, 1.165) is 9.26 Å². The van der Waals surface area contributed by atoms with Crippen LogP contribution in [0.25, 0.3) is 0 Å². The Morgan fingerprint density at radius 1 is 1.50 bits per heavy atom. The molecule has 2 nitrogen and oxygen atoms in total. The SMILES string of the molecule is Cc1ccc(NO)cc1I. The monoisotopic (exact) mass is 249 g/mol. The summed E-state index contributed by atoms with van der Waals surface area (Å²) in [5.74, 6) is 0. The van der Waals surface area contributed by atoms with Crippen molar-refractivity contribution in [3.63, 3.8) is 0 Å². The minimum Gasteiger partial charge on any atom is -0.291 e. The Labute approximate surface area is 73.4 Å². The Bertz CT molecular complexity index is 237. The lowest BCUT2D eigenvalue weighted by atomic mass is 10.2. The van der Waals surface area contributed by atoms with Crippen molar-refractivity contribution in [2.75, 3.05) is 5.48 Å². The molecule has 0 bridgehead atoms. The van der Waals surface area contributed by atoms with Gasteiger partial charge < -0.3 is 0 Å². The van der Waals surface area contributed by atoms with Gasteiger partial charge in [-0.05, 0) is 47.2 Å². The fourth-order valence-corrected chi connectivity index (χ4v) is 1.18. The Kier molecular flexibility index (Phi) is 2.50. The van der Waals surface area contributed by atoms with Crippen LogP contribution in [-0.2, 0) is 0 Å². The molecule has 0 spiro atoms. The van der Waals surface area contributed by atoms with Crippen molar-refractivity contribution in [3.05, 3.63) is 27.3 Å². The van der Waals surface area contributed by atoms with Crippen LogP contribution in [0.1, 0.15) is 5.56 Å². The molecule has 0 radical (unpaired) electrons. The lowest BCUT2D eigenvalue weighted by Crippen LogP contribution is -1.89. The quantitative estimate of drug-likeness (QED) is 0.591. The molecule has 0 saturated carbocycles. The van der Waals surface area contributed by atoms with Gasteiger partial charge in [0.05, 0.1) is 5.69 Å². The summed E-state index contributed by atoms with van der Waals surface area (Å²) in [6, 6.07) is 5.67. The smallest absolute Gasteiger partial charge is 0.0612 e. The molecular weight excluding hydrogens is 241 g/mol. The summed E-state index contributed by atoms with van der Waals surface area (Å²) < 4.78 is 1.15. The third-order valence-corrected chi connectivity index (χ3v) is 2.46. The van der Waals surface area contributed by atoms with Gasteiger partial charge in [-0.15, -0.1) is 0 Å². The van der Waals surface area contributed by atoms with Crippen molar-refractivity contribution in [2.24, 2.45) is 0 Å².